The van der Waals surface area contributed by atoms with Gasteiger partial charge < -0.3 is 9.42 Å². The Morgan fingerprint density at radius 1 is 1.04 bits per heavy atom. The van der Waals surface area contributed by atoms with Crippen LogP contribution in [0.15, 0.2) is 47.0 Å². The summed E-state index contributed by atoms with van der Waals surface area (Å²) in [7, 11) is 0. The number of carbonyl (C=O) groups excluding carboxylic acids is 1. The second-order valence-electron chi connectivity index (χ2n) is 6.04. The molecule has 0 aliphatic carbocycles. The van der Waals surface area contributed by atoms with Crippen molar-refractivity contribution in [1.29, 1.82) is 0 Å². The van der Waals surface area contributed by atoms with Gasteiger partial charge in [0, 0.05) is 27.7 Å². The molecule has 1 aliphatic rings. The Kier molecular flexibility index (Phi) is 4.65. The Morgan fingerprint density at radius 3 is 2.54 bits per heavy atom. The molecule has 0 spiro atoms. The average molecular weight is 408 g/mol. The number of fused-ring (bicyclic) bond motifs is 1. The molecule has 26 heavy (non-hydrogen) atoms. The highest BCUT2D eigenvalue weighted by Crippen LogP contribution is 2.32. The largest absolute Gasteiger partial charge is 0.356 e. The van der Waals surface area contributed by atoms with Crippen molar-refractivity contribution in [3.63, 3.8) is 0 Å². The van der Waals surface area contributed by atoms with E-state index in [2.05, 4.69) is 5.16 Å². The van der Waals surface area contributed by atoms with Crippen LogP contribution in [-0.2, 0) is 13.0 Å². The summed E-state index contributed by atoms with van der Waals surface area (Å²) in [5, 5.41) is 5.68. The zero-order valence-corrected chi connectivity index (χ0v) is 15.8. The van der Waals surface area contributed by atoms with Gasteiger partial charge in [0.1, 0.15) is 5.69 Å². The third-order valence-corrected chi connectivity index (χ3v) is 5.21. The second kappa shape index (κ2) is 6.95. The Morgan fingerprint density at radius 2 is 1.77 bits per heavy atom. The standard InChI is InChI=1S/C19H13Cl3N2O2/c20-12-3-1-11(2-4-12)18-14-7-8-24(10-17(14)23-26-18)19(25)15-9-13(21)5-6-16(15)22/h1-6,9H,7-8,10H2. The van der Waals surface area contributed by atoms with Crippen molar-refractivity contribution in [1.82, 2.24) is 10.1 Å². The third-order valence-electron chi connectivity index (χ3n) is 4.39. The van der Waals surface area contributed by atoms with E-state index in [1.54, 1.807) is 23.1 Å². The van der Waals surface area contributed by atoms with Crippen molar-refractivity contribution in [2.45, 2.75) is 13.0 Å². The normalized spacial score (nSPS) is 13.6. The first kappa shape index (κ1) is 17.4. The van der Waals surface area contributed by atoms with Gasteiger partial charge in [0.05, 0.1) is 17.1 Å². The van der Waals surface area contributed by atoms with Crippen LogP contribution in [0.3, 0.4) is 0 Å². The lowest BCUT2D eigenvalue weighted by atomic mass is 10.00. The highest BCUT2D eigenvalue weighted by molar-refractivity contribution is 6.35. The van der Waals surface area contributed by atoms with Crippen molar-refractivity contribution in [3.05, 3.63) is 74.4 Å². The summed E-state index contributed by atoms with van der Waals surface area (Å²) in [5.41, 5.74) is 3.09. The number of hydrogen-bond acceptors (Lipinski definition) is 3. The van der Waals surface area contributed by atoms with Crippen molar-refractivity contribution in [3.8, 4) is 11.3 Å². The smallest absolute Gasteiger partial charge is 0.255 e. The van der Waals surface area contributed by atoms with Gasteiger partial charge in [0.2, 0.25) is 0 Å². The second-order valence-corrected chi connectivity index (χ2v) is 7.32. The van der Waals surface area contributed by atoms with E-state index in [-0.39, 0.29) is 5.91 Å². The number of rotatable bonds is 2. The van der Waals surface area contributed by atoms with Crippen LogP contribution < -0.4 is 0 Å². The first-order chi connectivity index (χ1) is 12.5. The molecule has 3 aromatic rings. The van der Waals surface area contributed by atoms with Gasteiger partial charge in [-0.25, -0.2) is 0 Å². The quantitative estimate of drug-likeness (QED) is 0.563. The lowest BCUT2D eigenvalue weighted by Crippen LogP contribution is -2.36. The summed E-state index contributed by atoms with van der Waals surface area (Å²) < 4.78 is 5.54. The van der Waals surface area contributed by atoms with Crippen LogP contribution in [0.1, 0.15) is 21.6 Å². The van der Waals surface area contributed by atoms with Crippen LogP contribution in [-0.4, -0.2) is 22.5 Å². The molecule has 0 bridgehead atoms. The molecule has 0 unspecified atom stereocenters. The van der Waals surface area contributed by atoms with E-state index in [1.165, 1.54) is 0 Å². The minimum Gasteiger partial charge on any atom is -0.356 e. The van der Waals surface area contributed by atoms with Gasteiger partial charge in [-0.2, -0.15) is 0 Å². The summed E-state index contributed by atoms with van der Waals surface area (Å²) in [4.78, 5) is 14.5. The monoisotopic (exact) mass is 406 g/mol. The average Bonchev–Trinajstić information content (AvgIpc) is 3.07. The third kappa shape index (κ3) is 3.20. The minimum atomic E-state index is -0.167. The molecule has 132 valence electrons. The van der Waals surface area contributed by atoms with Gasteiger partial charge in [-0.3, -0.25) is 4.79 Å². The number of amides is 1. The first-order valence-electron chi connectivity index (χ1n) is 8.00. The van der Waals surface area contributed by atoms with Crippen LogP contribution in [0.5, 0.6) is 0 Å². The van der Waals surface area contributed by atoms with E-state index in [4.69, 9.17) is 39.3 Å². The van der Waals surface area contributed by atoms with E-state index in [1.807, 2.05) is 24.3 Å². The van der Waals surface area contributed by atoms with Crippen molar-refractivity contribution in [2.75, 3.05) is 6.54 Å². The first-order valence-corrected chi connectivity index (χ1v) is 9.14. The highest BCUT2D eigenvalue weighted by atomic mass is 35.5. The summed E-state index contributed by atoms with van der Waals surface area (Å²) >= 11 is 18.1. The molecule has 0 saturated carbocycles. The number of hydrogen-bond donors (Lipinski definition) is 0. The zero-order valence-electron chi connectivity index (χ0n) is 13.5. The van der Waals surface area contributed by atoms with Gasteiger partial charge >= 0.3 is 0 Å². The van der Waals surface area contributed by atoms with Crippen LogP contribution in [0, 0.1) is 0 Å². The van der Waals surface area contributed by atoms with E-state index in [9.17, 15) is 4.79 Å². The fraction of sp³-hybridized carbons (Fsp3) is 0.158. The summed E-state index contributed by atoms with van der Waals surface area (Å²) in [6.07, 6.45) is 0.653. The molecular formula is C19H13Cl3N2O2. The van der Waals surface area contributed by atoms with Crippen LogP contribution >= 0.6 is 34.8 Å². The van der Waals surface area contributed by atoms with E-state index in [0.717, 1.165) is 22.6 Å². The number of benzene rings is 2. The summed E-state index contributed by atoms with van der Waals surface area (Å²) in [6, 6.07) is 12.3. The van der Waals surface area contributed by atoms with Gasteiger partial charge in [0.25, 0.3) is 5.91 Å². The number of nitrogens with zero attached hydrogens (tertiary/aromatic N) is 2. The molecule has 0 fully saturated rings. The predicted molar refractivity (Wildman–Crippen MR) is 102 cm³/mol. The predicted octanol–water partition coefficient (Wildman–Crippen LogP) is 5.50. The van der Waals surface area contributed by atoms with Crippen molar-refractivity contribution in [2.24, 2.45) is 0 Å². The molecule has 0 radical (unpaired) electrons. The van der Waals surface area contributed by atoms with Gasteiger partial charge in [-0.05, 0) is 48.9 Å². The molecule has 0 atom stereocenters. The van der Waals surface area contributed by atoms with E-state index >= 15 is 0 Å². The fourth-order valence-corrected chi connectivity index (χ4v) is 3.56. The van der Waals surface area contributed by atoms with Gasteiger partial charge in [0.15, 0.2) is 5.76 Å². The Bertz CT molecular complexity index is 983. The molecular weight excluding hydrogens is 395 g/mol. The fourth-order valence-electron chi connectivity index (χ4n) is 3.06. The zero-order chi connectivity index (χ0) is 18.3. The Hall–Kier alpha value is -2.01. The summed E-state index contributed by atoms with van der Waals surface area (Å²) in [5.74, 6) is 0.559. The molecule has 1 aromatic heterocycles. The summed E-state index contributed by atoms with van der Waals surface area (Å²) in [6.45, 7) is 0.921. The van der Waals surface area contributed by atoms with Crippen LogP contribution in [0.4, 0.5) is 0 Å². The molecule has 0 N–H and O–H groups in total. The van der Waals surface area contributed by atoms with E-state index < -0.39 is 0 Å². The molecule has 0 saturated heterocycles. The maximum atomic E-state index is 12.8. The number of aromatic nitrogens is 1. The molecule has 7 heteroatoms. The highest BCUT2D eigenvalue weighted by Gasteiger charge is 2.28. The maximum Gasteiger partial charge on any atom is 0.255 e. The molecule has 4 rings (SSSR count). The van der Waals surface area contributed by atoms with E-state index in [0.29, 0.717) is 40.1 Å². The molecule has 1 aliphatic heterocycles. The molecule has 4 nitrogen and oxygen atoms in total. The lowest BCUT2D eigenvalue weighted by molar-refractivity contribution is 0.0731. The van der Waals surface area contributed by atoms with Crippen LogP contribution in [0.25, 0.3) is 11.3 Å². The Labute approximate surface area is 165 Å². The molecule has 2 heterocycles. The molecule has 1 amide bonds. The van der Waals surface area contributed by atoms with Crippen molar-refractivity contribution >= 4 is 40.7 Å². The number of halogens is 3. The van der Waals surface area contributed by atoms with Crippen LogP contribution in [0.2, 0.25) is 15.1 Å². The van der Waals surface area contributed by atoms with Gasteiger partial charge in [-0.15, -0.1) is 0 Å². The maximum absolute atomic E-state index is 12.8. The molecule has 2 aromatic carbocycles. The van der Waals surface area contributed by atoms with Crippen molar-refractivity contribution < 1.29 is 9.32 Å². The Balaban J connectivity index is 1.60. The lowest BCUT2D eigenvalue weighted by Gasteiger charge is -2.26. The SMILES string of the molecule is O=C(c1cc(Cl)ccc1Cl)N1CCc2c(noc2-c2ccc(Cl)cc2)C1. The minimum absolute atomic E-state index is 0.167. The number of carbonyl (C=O) groups is 1. The van der Waals surface area contributed by atoms with Gasteiger partial charge in [-0.1, -0.05) is 40.0 Å². The topological polar surface area (TPSA) is 46.3 Å².